The number of amides is 2. The van der Waals surface area contributed by atoms with Gasteiger partial charge in [0.2, 0.25) is 5.91 Å². The predicted octanol–water partition coefficient (Wildman–Crippen LogP) is 3.38. The van der Waals surface area contributed by atoms with E-state index in [4.69, 9.17) is 0 Å². The third-order valence-corrected chi connectivity index (χ3v) is 6.33. The molecule has 1 aliphatic heterocycles. The summed E-state index contributed by atoms with van der Waals surface area (Å²) in [6.07, 6.45) is 1.43. The van der Waals surface area contributed by atoms with Gasteiger partial charge in [0.15, 0.2) is 11.6 Å². The average Bonchev–Trinajstić information content (AvgIpc) is 3.15. The van der Waals surface area contributed by atoms with E-state index in [0.29, 0.717) is 29.4 Å². The van der Waals surface area contributed by atoms with Crippen molar-refractivity contribution in [2.24, 2.45) is 11.8 Å². The van der Waals surface area contributed by atoms with Gasteiger partial charge in [0.1, 0.15) is 11.6 Å². The first-order valence-electron chi connectivity index (χ1n) is 11.9. The first kappa shape index (κ1) is 24.7. The van der Waals surface area contributed by atoms with Crippen LogP contribution in [0, 0.1) is 17.7 Å². The monoisotopic (exact) mass is 520 g/mol. The summed E-state index contributed by atoms with van der Waals surface area (Å²) in [5.74, 6) is 0.355. The van der Waals surface area contributed by atoms with Crippen LogP contribution in [0.4, 0.5) is 32.3 Å². The Balaban J connectivity index is 1.48. The van der Waals surface area contributed by atoms with Gasteiger partial charge in [-0.05, 0) is 29.5 Å². The van der Waals surface area contributed by atoms with E-state index in [0.717, 1.165) is 0 Å². The zero-order valence-electron chi connectivity index (χ0n) is 20.5. The molecule has 4 aromatic rings. The van der Waals surface area contributed by atoms with Gasteiger partial charge >= 0.3 is 6.09 Å². The molecule has 0 fully saturated rings. The van der Waals surface area contributed by atoms with Crippen molar-refractivity contribution in [3.63, 3.8) is 0 Å². The predicted molar refractivity (Wildman–Crippen MR) is 140 cm³/mol. The Kier molecular flexibility index (Phi) is 6.41. The molecule has 13 heteroatoms. The fraction of sp³-hybridized carbons (Fsp3) is 0.240. The number of benzene rings is 1. The lowest BCUT2D eigenvalue weighted by atomic mass is 9.95. The molecule has 4 heterocycles. The maximum atomic E-state index is 15.4. The molecule has 0 bridgehead atoms. The highest BCUT2D eigenvalue weighted by Gasteiger charge is 2.27. The molecule has 3 aromatic heterocycles. The summed E-state index contributed by atoms with van der Waals surface area (Å²) in [7, 11) is 0. The van der Waals surface area contributed by atoms with Crippen molar-refractivity contribution in [3.8, 4) is 0 Å². The molecule has 1 unspecified atom stereocenters. The van der Waals surface area contributed by atoms with Gasteiger partial charge < -0.3 is 20.3 Å². The van der Waals surface area contributed by atoms with Gasteiger partial charge in [-0.25, -0.2) is 19.6 Å². The topological polar surface area (TPSA) is 155 Å². The fourth-order valence-electron chi connectivity index (χ4n) is 4.33. The van der Waals surface area contributed by atoms with Gasteiger partial charge in [0.25, 0.3) is 5.56 Å². The minimum absolute atomic E-state index is 0.0999. The number of nitrogens with zero attached hydrogens (tertiary/aromatic N) is 4. The Morgan fingerprint density at radius 3 is 2.79 bits per heavy atom. The van der Waals surface area contributed by atoms with E-state index in [-0.39, 0.29) is 46.5 Å². The van der Waals surface area contributed by atoms with Crippen LogP contribution < -0.4 is 26.9 Å². The van der Waals surface area contributed by atoms with Gasteiger partial charge in [-0.1, -0.05) is 19.9 Å². The highest BCUT2D eigenvalue weighted by Crippen LogP contribution is 2.32. The van der Waals surface area contributed by atoms with Crippen LogP contribution in [0.2, 0.25) is 0 Å². The molecule has 196 valence electrons. The lowest BCUT2D eigenvalue weighted by Crippen LogP contribution is -2.33. The summed E-state index contributed by atoms with van der Waals surface area (Å²) < 4.78 is 16.7. The zero-order valence-corrected chi connectivity index (χ0v) is 20.5. The molecule has 0 spiro atoms. The van der Waals surface area contributed by atoms with Crippen LogP contribution in [-0.2, 0) is 11.3 Å². The van der Waals surface area contributed by atoms with Crippen LogP contribution in [-0.4, -0.2) is 43.1 Å². The molecule has 5 N–H and O–H groups in total. The van der Waals surface area contributed by atoms with Crippen molar-refractivity contribution in [3.05, 3.63) is 70.5 Å². The van der Waals surface area contributed by atoms with Crippen LogP contribution in [0.25, 0.3) is 10.8 Å². The second-order valence-electron chi connectivity index (χ2n) is 9.27. The van der Waals surface area contributed by atoms with Crippen molar-refractivity contribution in [2.75, 3.05) is 27.9 Å². The minimum Gasteiger partial charge on any atom is -0.465 e. The Bertz CT molecular complexity index is 1610. The number of rotatable bonds is 6. The SMILES string of the molecule is CC(C)C1CNc2cc(Nc3cc4cc(Cn5ccccc5=O)c(F)c(NC(=O)O)c4cn3)nn2NC1=O. The molecule has 0 radical (unpaired) electrons. The largest absolute Gasteiger partial charge is 0.465 e. The third kappa shape index (κ3) is 4.85. The van der Waals surface area contributed by atoms with E-state index in [2.05, 4.69) is 31.5 Å². The molecule has 0 aliphatic carbocycles. The minimum atomic E-state index is -1.44. The van der Waals surface area contributed by atoms with Crippen LogP contribution in [0.3, 0.4) is 0 Å². The van der Waals surface area contributed by atoms with Crippen molar-refractivity contribution < 1.29 is 19.1 Å². The number of aromatic nitrogens is 4. The van der Waals surface area contributed by atoms with Crippen molar-refractivity contribution in [2.45, 2.75) is 20.4 Å². The summed E-state index contributed by atoms with van der Waals surface area (Å²) >= 11 is 0. The lowest BCUT2D eigenvalue weighted by molar-refractivity contribution is -0.121. The molecule has 12 nitrogen and oxygen atoms in total. The molecule has 5 rings (SSSR count). The maximum Gasteiger partial charge on any atom is 0.409 e. The van der Waals surface area contributed by atoms with Crippen molar-refractivity contribution in [1.29, 1.82) is 0 Å². The molecular formula is C25H25FN8O4. The summed E-state index contributed by atoms with van der Waals surface area (Å²) in [5, 5.41) is 22.8. The number of carbonyl (C=O) groups is 2. The van der Waals surface area contributed by atoms with Gasteiger partial charge in [-0.15, -0.1) is 5.10 Å². The van der Waals surface area contributed by atoms with Crippen LogP contribution in [0.1, 0.15) is 19.4 Å². The van der Waals surface area contributed by atoms with Gasteiger partial charge in [0, 0.05) is 42.0 Å². The van der Waals surface area contributed by atoms with Crippen molar-refractivity contribution >= 4 is 45.9 Å². The fourth-order valence-corrected chi connectivity index (χ4v) is 4.33. The smallest absolute Gasteiger partial charge is 0.409 e. The van der Waals surface area contributed by atoms with Gasteiger partial charge in [-0.2, -0.15) is 4.79 Å². The molecule has 38 heavy (non-hydrogen) atoms. The van der Waals surface area contributed by atoms with E-state index in [9.17, 15) is 19.5 Å². The number of hydrogen-bond acceptors (Lipinski definition) is 7. The number of nitrogens with one attached hydrogen (secondary N) is 4. The molecule has 1 aromatic carbocycles. The molecule has 2 amide bonds. The number of carboxylic acid groups (broad SMARTS) is 1. The van der Waals surface area contributed by atoms with Gasteiger partial charge in [-0.3, -0.25) is 14.9 Å². The molecule has 1 atom stereocenters. The number of carbonyl (C=O) groups excluding carboxylic acids is 1. The van der Waals surface area contributed by atoms with E-state index in [1.807, 2.05) is 13.8 Å². The second kappa shape index (κ2) is 9.84. The van der Waals surface area contributed by atoms with E-state index in [1.54, 1.807) is 30.3 Å². The average molecular weight is 521 g/mol. The van der Waals surface area contributed by atoms with E-state index in [1.165, 1.54) is 27.8 Å². The van der Waals surface area contributed by atoms with E-state index >= 15 is 4.39 Å². The standard InChI is InChI=1S/C25H25FN8O4/c1-13(2)16-10-28-20-9-19(31-34(20)32-24(16)36)29-18-8-14-7-15(12-33-6-4-3-5-21(33)35)22(26)23(30-25(37)38)17(14)11-27-18/h3-9,11,13,16,28,30H,10,12H2,1-2H3,(H,32,36)(H,37,38)(H,27,29,31). The summed E-state index contributed by atoms with van der Waals surface area (Å²) in [6, 6.07) is 9.45. The highest BCUT2D eigenvalue weighted by atomic mass is 19.1. The highest BCUT2D eigenvalue weighted by molar-refractivity contribution is 6.01. The summed E-state index contributed by atoms with van der Waals surface area (Å²) in [5.41, 5.74) is 2.31. The Hall–Kier alpha value is -4.94. The Labute approximate surface area is 215 Å². The molecular weight excluding hydrogens is 495 g/mol. The van der Waals surface area contributed by atoms with Crippen LogP contribution in [0.15, 0.2) is 53.6 Å². The number of fused-ring (bicyclic) bond motifs is 2. The van der Waals surface area contributed by atoms with Crippen molar-refractivity contribution in [1.82, 2.24) is 19.4 Å². The van der Waals surface area contributed by atoms with Gasteiger partial charge in [0.05, 0.1) is 18.2 Å². The summed E-state index contributed by atoms with van der Waals surface area (Å²) in [4.78, 5) is 41.7. The lowest BCUT2D eigenvalue weighted by Gasteiger charge is -2.16. The molecule has 0 saturated carbocycles. The van der Waals surface area contributed by atoms with Crippen LogP contribution >= 0.6 is 0 Å². The normalized spacial score (nSPS) is 14.9. The second-order valence-corrected chi connectivity index (χ2v) is 9.27. The maximum absolute atomic E-state index is 15.4. The van der Waals surface area contributed by atoms with E-state index < -0.39 is 11.9 Å². The Morgan fingerprint density at radius 1 is 1.24 bits per heavy atom. The Morgan fingerprint density at radius 2 is 2.05 bits per heavy atom. The molecule has 0 saturated heterocycles. The first-order chi connectivity index (χ1) is 18.2. The number of anilines is 4. The third-order valence-electron chi connectivity index (χ3n) is 6.33. The quantitative estimate of drug-likeness (QED) is 0.259. The number of halogens is 1. The summed E-state index contributed by atoms with van der Waals surface area (Å²) in [6.45, 7) is 4.31. The number of hydrogen-bond donors (Lipinski definition) is 5. The van der Waals surface area contributed by atoms with Crippen LogP contribution in [0.5, 0.6) is 0 Å². The zero-order chi connectivity index (χ0) is 27.0. The molecule has 1 aliphatic rings. The first-order valence-corrected chi connectivity index (χ1v) is 11.9. The number of pyridine rings is 2.